The van der Waals surface area contributed by atoms with Crippen LogP contribution in [0, 0.1) is 0 Å². The lowest BCUT2D eigenvalue weighted by Crippen LogP contribution is -2.34. The van der Waals surface area contributed by atoms with Crippen LogP contribution in [0.5, 0.6) is 0 Å². The summed E-state index contributed by atoms with van der Waals surface area (Å²) in [5.74, 6) is 0.182. The number of rotatable bonds is 6. The van der Waals surface area contributed by atoms with E-state index in [1.807, 2.05) is 36.2 Å². The normalized spacial score (nSPS) is 15.1. The van der Waals surface area contributed by atoms with Crippen LogP contribution in [-0.2, 0) is 16.6 Å². The molecule has 1 aliphatic rings. The second kappa shape index (κ2) is 6.98. The quantitative estimate of drug-likeness (QED) is 0.757. The van der Waals surface area contributed by atoms with Gasteiger partial charge in [-0.1, -0.05) is 46.3 Å². The third kappa shape index (κ3) is 3.81. The summed E-state index contributed by atoms with van der Waals surface area (Å²) in [6, 6.07) is 16.3. The van der Waals surface area contributed by atoms with Gasteiger partial charge in [-0.2, -0.15) is 0 Å². The number of para-hydroxylation sites is 1. The molecule has 0 heterocycles. The number of carbonyl (C=O) groups is 1. The van der Waals surface area contributed by atoms with Gasteiger partial charge in [0.05, 0.1) is 0 Å². The summed E-state index contributed by atoms with van der Waals surface area (Å²) in [5, 5.41) is 0. The molecule has 0 radical (unpaired) electrons. The summed E-state index contributed by atoms with van der Waals surface area (Å²) in [6.07, 6.45) is 3.50. The zero-order chi connectivity index (χ0) is 17.2. The minimum Gasteiger partial charge on any atom is -0.399 e. The molecule has 126 valence electrons. The molecule has 0 atom stereocenters. The largest absolute Gasteiger partial charge is 0.399 e. The summed E-state index contributed by atoms with van der Waals surface area (Å²) >= 11 is 3.48. The Bertz CT molecular complexity index is 723. The number of carbonyl (C=O) groups excluding carboxylic acids is 1. The summed E-state index contributed by atoms with van der Waals surface area (Å²) in [4.78, 5) is 14.4. The van der Waals surface area contributed by atoms with Gasteiger partial charge in [0, 0.05) is 35.6 Å². The number of aryl methyl sites for hydroxylation is 1. The van der Waals surface area contributed by atoms with Gasteiger partial charge in [-0.25, -0.2) is 0 Å². The maximum absolute atomic E-state index is 12.5. The lowest BCUT2D eigenvalue weighted by molar-refractivity contribution is -0.130. The molecule has 2 N–H and O–H groups in total. The second-order valence-electron chi connectivity index (χ2n) is 6.74. The van der Waals surface area contributed by atoms with E-state index in [-0.39, 0.29) is 11.3 Å². The average Bonchev–Trinajstić information content (AvgIpc) is 3.35. The van der Waals surface area contributed by atoms with E-state index in [1.54, 1.807) is 0 Å². The maximum Gasteiger partial charge on any atom is 0.222 e. The molecule has 3 nitrogen and oxygen atoms in total. The molecule has 24 heavy (non-hydrogen) atoms. The minimum absolute atomic E-state index is 0.150. The minimum atomic E-state index is 0.150. The third-order valence-corrected chi connectivity index (χ3v) is 5.47. The van der Waals surface area contributed by atoms with Crippen LogP contribution in [0.4, 0.5) is 5.69 Å². The van der Waals surface area contributed by atoms with Crippen molar-refractivity contribution in [3.05, 3.63) is 64.1 Å². The Labute approximate surface area is 152 Å². The molecule has 0 bridgehead atoms. The monoisotopic (exact) mass is 386 g/mol. The number of nitrogen functional groups attached to an aromatic ring is 1. The molecule has 0 saturated heterocycles. The number of halogens is 1. The van der Waals surface area contributed by atoms with Crippen LogP contribution in [0.25, 0.3) is 0 Å². The van der Waals surface area contributed by atoms with Crippen molar-refractivity contribution in [1.29, 1.82) is 0 Å². The van der Waals surface area contributed by atoms with Gasteiger partial charge in [0.15, 0.2) is 0 Å². The van der Waals surface area contributed by atoms with Crippen molar-refractivity contribution >= 4 is 27.5 Å². The van der Waals surface area contributed by atoms with Crippen molar-refractivity contribution in [2.45, 2.75) is 31.1 Å². The van der Waals surface area contributed by atoms with Gasteiger partial charge in [0.25, 0.3) is 0 Å². The molecule has 0 unspecified atom stereocenters. The van der Waals surface area contributed by atoms with Gasteiger partial charge >= 0.3 is 0 Å². The summed E-state index contributed by atoms with van der Waals surface area (Å²) in [6.45, 7) is 0.789. The fourth-order valence-electron chi connectivity index (χ4n) is 3.23. The van der Waals surface area contributed by atoms with Gasteiger partial charge in [-0.3, -0.25) is 4.79 Å². The highest BCUT2D eigenvalue weighted by atomic mass is 79.9. The van der Waals surface area contributed by atoms with Gasteiger partial charge in [-0.05, 0) is 48.6 Å². The number of hydrogen-bond donors (Lipinski definition) is 1. The zero-order valence-corrected chi connectivity index (χ0v) is 15.6. The molecule has 1 saturated carbocycles. The van der Waals surface area contributed by atoms with E-state index in [4.69, 9.17) is 5.73 Å². The number of likely N-dealkylation sites (N-methyl/N-ethyl adjacent to an activating group) is 1. The SMILES string of the molecule is CN(CC1(c2ccc(Br)cc2)CC1)C(=O)CCc1ccccc1N. The van der Waals surface area contributed by atoms with E-state index >= 15 is 0 Å². The number of hydrogen-bond acceptors (Lipinski definition) is 2. The van der Waals surface area contributed by atoms with Gasteiger partial charge < -0.3 is 10.6 Å². The molecule has 3 rings (SSSR count). The first-order valence-corrected chi connectivity index (χ1v) is 9.13. The lowest BCUT2D eigenvalue weighted by Gasteiger charge is -2.24. The number of nitrogens with two attached hydrogens (primary N) is 1. The maximum atomic E-state index is 12.5. The topological polar surface area (TPSA) is 46.3 Å². The number of benzene rings is 2. The number of nitrogens with zero attached hydrogens (tertiary/aromatic N) is 1. The van der Waals surface area contributed by atoms with Crippen molar-refractivity contribution in [1.82, 2.24) is 4.90 Å². The Morgan fingerprint density at radius 1 is 1.17 bits per heavy atom. The molecular weight excluding hydrogens is 364 g/mol. The zero-order valence-electron chi connectivity index (χ0n) is 14.0. The Hall–Kier alpha value is -1.81. The van der Waals surface area contributed by atoms with Gasteiger partial charge in [0.1, 0.15) is 0 Å². The Kier molecular flexibility index (Phi) is 4.95. The van der Waals surface area contributed by atoms with Crippen LogP contribution in [0.3, 0.4) is 0 Å². The standard InChI is InChI=1S/C20H23BrN2O/c1-23(19(24)11-6-15-4-2-3-5-18(15)22)14-20(12-13-20)16-7-9-17(21)10-8-16/h2-5,7-10H,6,11-14,22H2,1H3. The van der Waals surface area contributed by atoms with E-state index in [2.05, 4.69) is 40.2 Å². The fraction of sp³-hybridized carbons (Fsp3) is 0.350. The molecule has 0 aromatic heterocycles. The van der Waals surface area contributed by atoms with Crippen LogP contribution >= 0.6 is 15.9 Å². The first kappa shape index (κ1) is 17.0. The van der Waals surface area contributed by atoms with Crippen LogP contribution < -0.4 is 5.73 Å². The van der Waals surface area contributed by atoms with Crippen molar-refractivity contribution in [2.24, 2.45) is 0 Å². The van der Waals surface area contributed by atoms with E-state index in [1.165, 1.54) is 5.56 Å². The Morgan fingerprint density at radius 2 is 1.83 bits per heavy atom. The summed E-state index contributed by atoms with van der Waals surface area (Å²) in [5.41, 5.74) is 9.25. The molecule has 1 fully saturated rings. The van der Waals surface area contributed by atoms with Crippen molar-refractivity contribution < 1.29 is 4.79 Å². The van der Waals surface area contributed by atoms with Crippen LogP contribution in [0.15, 0.2) is 53.0 Å². The van der Waals surface area contributed by atoms with Crippen LogP contribution in [-0.4, -0.2) is 24.4 Å². The number of anilines is 1. The first-order valence-electron chi connectivity index (χ1n) is 8.34. The highest BCUT2D eigenvalue weighted by Gasteiger charge is 2.45. The average molecular weight is 387 g/mol. The van der Waals surface area contributed by atoms with Crippen LogP contribution in [0.1, 0.15) is 30.4 Å². The van der Waals surface area contributed by atoms with Crippen molar-refractivity contribution in [3.63, 3.8) is 0 Å². The lowest BCUT2D eigenvalue weighted by atomic mass is 9.95. The molecule has 0 spiro atoms. The number of amides is 1. The molecular formula is C20H23BrN2O. The van der Waals surface area contributed by atoms with Crippen LogP contribution in [0.2, 0.25) is 0 Å². The van der Waals surface area contributed by atoms with Crippen molar-refractivity contribution in [3.8, 4) is 0 Å². The Balaban J connectivity index is 1.58. The first-order chi connectivity index (χ1) is 11.5. The van der Waals surface area contributed by atoms with E-state index in [0.717, 1.165) is 35.1 Å². The molecule has 1 aliphatic carbocycles. The third-order valence-electron chi connectivity index (χ3n) is 4.94. The predicted molar refractivity (Wildman–Crippen MR) is 102 cm³/mol. The predicted octanol–water partition coefficient (Wildman–Crippen LogP) is 4.15. The van der Waals surface area contributed by atoms with Crippen molar-refractivity contribution in [2.75, 3.05) is 19.3 Å². The van der Waals surface area contributed by atoms with E-state index < -0.39 is 0 Å². The molecule has 2 aromatic carbocycles. The van der Waals surface area contributed by atoms with E-state index in [0.29, 0.717) is 12.8 Å². The van der Waals surface area contributed by atoms with Gasteiger partial charge in [0.2, 0.25) is 5.91 Å². The fourth-order valence-corrected chi connectivity index (χ4v) is 3.49. The molecule has 1 amide bonds. The molecule has 2 aromatic rings. The summed E-state index contributed by atoms with van der Waals surface area (Å²) < 4.78 is 1.09. The summed E-state index contributed by atoms with van der Waals surface area (Å²) in [7, 11) is 1.91. The van der Waals surface area contributed by atoms with Gasteiger partial charge in [-0.15, -0.1) is 0 Å². The molecule has 0 aliphatic heterocycles. The highest BCUT2D eigenvalue weighted by molar-refractivity contribution is 9.10. The Morgan fingerprint density at radius 3 is 2.46 bits per heavy atom. The molecule has 4 heteroatoms. The highest BCUT2D eigenvalue weighted by Crippen LogP contribution is 2.48. The smallest absolute Gasteiger partial charge is 0.222 e. The van der Waals surface area contributed by atoms with E-state index in [9.17, 15) is 4.79 Å². The second-order valence-corrected chi connectivity index (χ2v) is 7.65.